The fourth-order valence-electron chi connectivity index (χ4n) is 1.82. The van der Waals surface area contributed by atoms with Gasteiger partial charge in [-0.2, -0.15) is 0 Å². The van der Waals surface area contributed by atoms with Gasteiger partial charge in [-0.05, 0) is 19.1 Å². The molecule has 1 amide bonds. The van der Waals surface area contributed by atoms with Gasteiger partial charge in [-0.25, -0.2) is 0 Å². The molecule has 1 aromatic carbocycles. The molecule has 0 aliphatic heterocycles. The molecular weight excluding hydrogens is 272 g/mol. The molecule has 0 unspecified atom stereocenters. The lowest BCUT2D eigenvalue weighted by atomic mass is 10.2. The Morgan fingerprint density at radius 3 is 2.90 bits per heavy atom. The topological polar surface area (TPSA) is 97.2 Å². The van der Waals surface area contributed by atoms with E-state index in [0.717, 1.165) is 0 Å². The van der Waals surface area contributed by atoms with Gasteiger partial charge in [0.15, 0.2) is 0 Å². The fourth-order valence-corrected chi connectivity index (χ4v) is 1.82. The monoisotopic (exact) mass is 286 g/mol. The molecule has 0 aliphatic carbocycles. The zero-order valence-corrected chi connectivity index (χ0v) is 11.4. The summed E-state index contributed by atoms with van der Waals surface area (Å²) >= 11 is 0. The van der Waals surface area contributed by atoms with Crippen molar-refractivity contribution in [1.82, 2.24) is 4.98 Å². The number of hydrogen-bond donors (Lipinski definition) is 2. The Morgan fingerprint density at radius 2 is 2.19 bits per heavy atom. The van der Waals surface area contributed by atoms with Crippen LogP contribution in [0.25, 0.3) is 0 Å². The third-order valence-corrected chi connectivity index (χ3v) is 2.75. The van der Waals surface area contributed by atoms with Crippen molar-refractivity contribution in [2.24, 2.45) is 0 Å². The van der Waals surface area contributed by atoms with Crippen molar-refractivity contribution in [1.29, 1.82) is 0 Å². The second-order valence-corrected chi connectivity index (χ2v) is 4.21. The summed E-state index contributed by atoms with van der Waals surface area (Å²) in [6, 6.07) is 7.48. The van der Waals surface area contributed by atoms with Gasteiger partial charge >= 0.3 is 0 Å². The molecule has 0 aliphatic rings. The number of nitro groups is 1. The van der Waals surface area contributed by atoms with Crippen LogP contribution in [-0.2, 0) is 0 Å². The minimum atomic E-state index is -0.510. The summed E-state index contributed by atoms with van der Waals surface area (Å²) in [7, 11) is 0. The quantitative estimate of drug-likeness (QED) is 0.650. The van der Waals surface area contributed by atoms with E-state index in [1.807, 2.05) is 6.92 Å². The van der Waals surface area contributed by atoms with Gasteiger partial charge in [0.05, 0.1) is 16.2 Å². The first-order chi connectivity index (χ1) is 10.1. The second-order valence-electron chi connectivity index (χ2n) is 4.21. The highest BCUT2D eigenvalue weighted by atomic mass is 16.6. The molecule has 7 heteroatoms. The smallest absolute Gasteiger partial charge is 0.271 e. The zero-order valence-electron chi connectivity index (χ0n) is 11.4. The molecule has 2 N–H and O–H groups in total. The second kappa shape index (κ2) is 6.47. The van der Waals surface area contributed by atoms with Crippen LogP contribution in [0.5, 0.6) is 0 Å². The van der Waals surface area contributed by atoms with Crippen molar-refractivity contribution < 1.29 is 9.72 Å². The van der Waals surface area contributed by atoms with Crippen LogP contribution in [0.15, 0.2) is 42.7 Å². The largest absolute Gasteiger partial charge is 0.385 e. The molecule has 7 nitrogen and oxygen atoms in total. The first kappa shape index (κ1) is 14.4. The van der Waals surface area contributed by atoms with E-state index in [4.69, 9.17) is 0 Å². The number of nitrogens with one attached hydrogen (secondary N) is 2. The van der Waals surface area contributed by atoms with Crippen LogP contribution in [0.4, 0.5) is 17.1 Å². The number of amides is 1. The SMILES string of the molecule is CCNc1ccncc1C(=O)Nc1cccc([N+](=O)[O-])c1. The van der Waals surface area contributed by atoms with Crippen molar-refractivity contribution in [2.75, 3.05) is 17.2 Å². The number of pyridine rings is 1. The minimum Gasteiger partial charge on any atom is -0.385 e. The molecule has 2 rings (SSSR count). The Labute approximate surface area is 121 Å². The number of carbonyl (C=O) groups is 1. The number of nitrogens with zero attached hydrogens (tertiary/aromatic N) is 2. The van der Waals surface area contributed by atoms with Crippen LogP contribution < -0.4 is 10.6 Å². The molecule has 0 fully saturated rings. The van der Waals surface area contributed by atoms with Crippen LogP contribution >= 0.6 is 0 Å². The number of benzene rings is 1. The van der Waals surface area contributed by atoms with Gasteiger partial charge in [-0.1, -0.05) is 6.07 Å². The van der Waals surface area contributed by atoms with Crippen molar-refractivity contribution in [3.05, 3.63) is 58.4 Å². The third kappa shape index (κ3) is 3.53. The van der Waals surface area contributed by atoms with E-state index in [9.17, 15) is 14.9 Å². The van der Waals surface area contributed by atoms with Crippen LogP contribution in [0, 0.1) is 10.1 Å². The van der Waals surface area contributed by atoms with Gasteiger partial charge in [-0.15, -0.1) is 0 Å². The maximum Gasteiger partial charge on any atom is 0.271 e. The van der Waals surface area contributed by atoms with Crippen molar-refractivity contribution in [2.45, 2.75) is 6.92 Å². The number of aromatic nitrogens is 1. The number of carbonyl (C=O) groups excluding carboxylic acids is 1. The van der Waals surface area contributed by atoms with E-state index in [1.165, 1.54) is 24.4 Å². The molecule has 1 aromatic heterocycles. The lowest BCUT2D eigenvalue weighted by Crippen LogP contribution is -2.15. The number of nitro benzene ring substituents is 1. The average Bonchev–Trinajstić information content (AvgIpc) is 2.48. The van der Waals surface area contributed by atoms with Gasteiger partial charge in [0.2, 0.25) is 0 Å². The Morgan fingerprint density at radius 1 is 1.38 bits per heavy atom. The van der Waals surface area contributed by atoms with E-state index in [0.29, 0.717) is 23.5 Å². The Kier molecular flexibility index (Phi) is 4.45. The highest BCUT2D eigenvalue weighted by Gasteiger charge is 2.13. The highest BCUT2D eigenvalue weighted by Crippen LogP contribution is 2.19. The van der Waals surface area contributed by atoms with E-state index >= 15 is 0 Å². The molecule has 0 atom stereocenters. The summed E-state index contributed by atoms with van der Waals surface area (Å²) in [6.07, 6.45) is 3.03. The summed E-state index contributed by atoms with van der Waals surface area (Å²) in [5, 5.41) is 16.4. The highest BCUT2D eigenvalue weighted by molar-refractivity contribution is 6.07. The summed E-state index contributed by atoms with van der Waals surface area (Å²) < 4.78 is 0. The van der Waals surface area contributed by atoms with Crippen LogP contribution in [0.1, 0.15) is 17.3 Å². The summed E-state index contributed by atoms with van der Waals surface area (Å²) in [6.45, 7) is 2.59. The predicted molar refractivity (Wildman–Crippen MR) is 79.5 cm³/mol. The van der Waals surface area contributed by atoms with Crippen LogP contribution in [0.3, 0.4) is 0 Å². The molecule has 1 heterocycles. The Balaban J connectivity index is 2.22. The van der Waals surface area contributed by atoms with Gasteiger partial charge in [0, 0.05) is 36.8 Å². The molecule has 0 bridgehead atoms. The zero-order chi connectivity index (χ0) is 15.2. The lowest BCUT2D eigenvalue weighted by molar-refractivity contribution is -0.384. The molecule has 0 spiro atoms. The van der Waals surface area contributed by atoms with Crippen molar-refractivity contribution >= 4 is 23.0 Å². The first-order valence-electron chi connectivity index (χ1n) is 6.35. The molecule has 0 saturated carbocycles. The lowest BCUT2D eigenvalue weighted by Gasteiger charge is -2.10. The Bertz CT molecular complexity index is 673. The fraction of sp³-hybridized carbons (Fsp3) is 0.143. The predicted octanol–water partition coefficient (Wildman–Crippen LogP) is 2.67. The Hall–Kier alpha value is -2.96. The van der Waals surface area contributed by atoms with Crippen LogP contribution in [0.2, 0.25) is 0 Å². The van der Waals surface area contributed by atoms with Gasteiger partial charge < -0.3 is 10.6 Å². The van der Waals surface area contributed by atoms with Gasteiger partial charge in [0.25, 0.3) is 11.6 Å². The normalized spacial score (nSPS) is 9.95. The average molecular weight is 286 g/mol. The number of hydrogen-bond acceptors (Lipinski definition) is 5. The standard InChI is InChI=1S/C14H14N4O3/c1-2-16-13-6-7-15-9-12(13)14(19)17-10-4-3-5-11(8-10)18(20)21/h3-9H,2H2,1H3,(H,15,16)(H,17,19). The maximum atomic E-state index is 12.2. The van der Waals surface area contributed by atoms with Gasteiger partial charge in [-0.3, -0.25) is 19.9 Å². The summed E-state index contributed by atoms with van der Waals surface area (Å²) in [4.78, 5) is 26.4. The van der Waals surface area contributed by atoms with E-state index in [2.05, 4.69) is 15.6 Å². The van der Waals surface area contributed by atoms with Crippen molar-refractivity contribution in [3.8, 4) is 0 Å². The van der Waals surface area contributed by atoms with E-state index in [-0.39, 0.29) is 11.6 Å². The molecule has 0 radical (unpaired) electrons. The molecule has 21 heavy (non-hydrogen) atoms. The summed E-state index contributed by atoms with van der Waals surface area (Å²) in [5.41, 5.74) is 1.33. The van der Waals surface area contributed by atoms with Gasteiger partial charge in [0.1, 0.15) is 0 Å². The molecule has 0 saturated heterocycles. The van der Waals surface area contributed by atoms with E-state index < -0.39 is 4.92 Å². The minimum absolute atomic E-state index is 0.0779. The van der Waals surface area contributed by atoms with Crippen molar-refractivity contribution in [3.63, 3.8) is 0 Å². The maximum absolute atomic E-state index is 12.2. The number of non-ortho nitro benzene ring substituents is 1. The molecule has 2 aromatic rings. The first-order valence-corrected chi connectivity index (χ1v) is 6.35. The number of anilines is 2. The van der Waals surface area contributed by atoms with Crippen LogP contribution in [-0.4, -0.2) is 22.4 Å². The molecular formula is C14H14N4O3. The van der Waals surface area contributed by atoms with E-state index in [1.54, 1.807) is 18.3 Å². The number of rotatable bonds is 5. The molecule has 108 valence electrons. The summed E-state index contributed by atoms with van der Waals surface area (Å²) in [5.74, 6) is -0.375. The third-order valence-electron chi connectivity index (χ3n) is 2.75.